The van der Waals surface area contributed by atoms with Gasteiger partial charge in [-0.05, 0) is 73.3 Å². The second-order valence-electron chi connectivity index (χ2n) is 12.1. The van der Waals surface area contributed by atoms with Gasteiger partial charge in [-0.2, -0.15) is 5.10 Å². The number of aromatic nitrogens is 3. The molecule has 2 aliphatic rings. The van der Waals surface area contributed by atoms with Gasteiger partial charge in [-0.3, -0.25) is 14.3 Å². The fraction of sp³-hybridized carbons (Fsp3) is 0.412. The Morgan fingerprint density at radius 3 is 2.56 bits per heavy atom. The topological polar surface area (TPSA) is 93.3 Å². The van der Waals surface area contributed by atoms with Crippen molar-refractivity contribution in [3.63, 3.8) is 0 Å². The lowest BCUT2D eigenvalue weighted by Crippen LogP contribution is -2.50. The highest BCUT2D eigenvalue weighted by Crippen LogP contribution is 2.47. The van der Waals surface area contributed by atoms with Crippen molar-refractivity contribution in [2.45, 2.75) is 64.0 Å². The molecule has 43 heavy (non-hydrogen) atoms. The van der Waals surface area contributed by atoms with Crippen molar-refractivity contribution >= 4 is 28.5 Å². The van der Waals surface area contributed by atoms with Gasteiger partial charge in [0.05, 0.1) is 11.4 Å². The molecule has 9 heteroatoms. The first kappa shape index (κ1) is 29.2. The maximum atomic E-state index is 13.5. The van der Waals surface area contributed by atoms with E-state index in [1.54, 1.807) is 30.6 Å². The average Bonchev–Trinajstić information content (AvgIpc) is 3.55. The zero-order chi connectivity index (χ0) is 29.8. The van der Waals surface area contributed by atoms with Gasteiger partial charge in [0.2, 0.25) is 0 Å². The highest BCUT2D eigenvalue weighted by molar-refractivity contribution is 6.30. The van der Waals surface area contributed by atoms with Crippen LogP contribution in [-0.4, -0.2) is 44.7 Å². The van der Waals surface area contributed by atoms with Crippen molar-refractivity contribution in [2.24, 2.45) is 11.3 Å². The number of hydrogen-bond acceptors (Lipinski definition) is 6. The molecule has 8 nitrogen and oxygen atoms in total. The van der Waals surface area contributed by atoms with Crippen LogP contribution in [0.25, 0.3) is 11.0 Å². The van der Waals surface area contributed by atoms with E-state index in [0.29, 0.717) is 28.3 Å². The van der Waals surface area contributed by atoms with Crippen LogP contribution in [0, 0.1) is 11.3 Å². The number of benzene rings is 2. The van der Waals surface area contributed by atoms with Crippen LogP contribution in [-0.2, 0) is 13.0 Å². The molecule has 1 N–H and O–H groups in total. The third-order valence-corrected chi connectivity index (χ3v) is 9.75. The van der Waals surface area contributed by atoms with Gasteiger partial charge in [0.25, 0.3) is 5.91 Å². The Labute approximate surface area is 256 Å². The van der Waals surface area contributed by atoms with Crippen LogP contribution >= 0.6 is 11.6 Å². The molecule has 224 valence electrons. The summed E-state index contributed by atoms with van der Waals surface area (Å²) in [5, 5.41) is 8.70. The van der Waals surface area contributed by atoms with E-state index in [1.165, 1.54) is 38.2 Å². The minimum Gasteiger partial charge on any atom is -0.451 e. The molecule has 1 aliphatic heterocycles. The summed E-state index contributed by atoms with van der Waals surface area (Å²) in [7, 11) is 0. The Balaban J connectivity index is 1.22. The lowest BCUT2D eigenvalue weighted by molar-refractivity contribution is 0.0190. The Morgan fingerprint density at radius 2 is 1.84 bits per heavy atom. The molecular weight excluding hydrogens is 562 g/mol. The predicted octanol–water partition coefficient (Wildman–Crippen LogP) is 6.26. The van der Waals surface area contributed by atoms with Gasteiger partial charge >= 0.3 is 0 Å². The zero-order valence-electron chi connectivity index (χ0n) is 24.4. The molecule has 2 aromatic heterocycles. The molecule has 1 amide bonds. The molecule has 1 atom stereocenters. The minimum atomic E-state index is -0.442. The SMILES string of the molecule is C=C([C@H](Cc1ccc(Cl)cc1)NC(=O)c1cc(=O)c2ccccc2o1)N1CCC(Cn2cncn2)(C2CCCCC2)CC1. The van der Waals surface area contributed by atoms with Crippen LogP contribution in [0.3, 0.4) is 0 Å². The number of para-hydroxylation sites is 1. The third kappa shape index (κ3) is 6.54. The molecule has 0 radical (unpaired) electrons. The molecule has 2 aromatic carbocycles. The minimum absolute atomic E-state index is 0.0135. The number of piperidine rings is 1. The van der Waals surface area contributed by atoms with Crippen LogP contribution in [0.2, 0.25) is 5.02 Å². The summed E-state index contributed by atoms with van der Waals surface area (Å²) < 4.78 is 7.85. The second kappa shape index (κ2) is 12.8. The van der Waals surface area contributed by atoms with Gasteiger partial charge in [0, 0.05) is 36.4 Å². The van der Waals surface area contributed by atoms with E-state index in [9.17, 15) is 9.59 Å². The molecule has 1 saturated carbocycles. The maximum absolute atomic E-state index is 13.5. The average molecular weight is 600 g/mol. The van der Waals surface area contributed by atoms with Crippen LogP contribution in [0.15, 0.2) is 88.7 Å². The number of likely N-dealkylation sites (tertiary alicyclic amines) is 1. The third-order valence-electron chi connectivity index (χ3n) is 9.50. The van der Waals surface area contributed by atoms with Gasteiger partial charge in [-0.1, -0.05) is 61.7 Å². The van der Waals surface area contributed by atoms with E-state index in [4.69, 9.17) is 16.0 Å². The van der Waals surface area contributed by atoms with Gasteiger partial charge < -0.3 is 14.6 Å². The molecule has 0 bridgehead atoms. The first-order chi connectivity index (χ1) is 20.9. The predicted molar refractivity (Wildman–Crippen MR) is 168 cm³/mol. The largest absolute Gasteiger partial charge is 0.451 e. The van der Waals surface area contributed by atoms with Gasteiger partial charge in [0.15, 0.2) is 11.2 Å². The first-order valence-electron chi connectivity index (χ1n) is 15.2. The quantitative estimate of drug-likeness (QED) is 0.244. The lowest BCUT2D eigenvalue weighted by Gasteiger charge is -2.49. The summed E-state index contributed by atoms with van der Waals surface area (Å²) in [4.78, 5) is 32.8. The summed E-state index contributed by atoms with van der Waals surface area (Å²) in [5.74, 6) is 0.212. The number of halogens is 1. The Morgan fingerprint density at radius 1 is 1.09 bits per heavy atom. The standard InChI is InChI=1S/C34H38ClN5O3/c1-24(39-17-15-34(16-18-39,21-40-23-36-22-37-40)26-7-3-2-4-8-26)29(19-25-11-13-27(35)14-12-25)38-33(42)32-20-30(41)28-9-5-6-10-31(28)43-32/h5-6,9-14,20,22-23,26,29H,1-4,7-8,15-19,21H2,(H,38,42)/t29-/m0/s1. The van der Waals surface area contributed by atoms with Crippen molar-refractivity contribution in [1.82, 2.24) is 25.0 Å². The summed E-state index contributed by atoms with van der Waals surface area (Å²) in [6.07, 6.45) is 12.5. The van der Waals surface area contributed by atoms with E-state index in [1.807, 2.05) is 35.3 Å². The van der Waals surface area contributed by atoms with E-state index >= 15 is 0 Å². The summed E-state index contributed by atoms with van der Waals surface area (Å²) in [5.41, 5.74) is 2.17. The zero-order valence-corrected chi connectivity index (χ0v) is 25.1. The molecule has 0 unspecified atom stereocenters. The number of rotatable bonds is 9. The molecule has 2 fully saturated rings. The van der Waals surface area contributed by atoms with E-state index in [-0.39, 0.29) is 16.6 Å². The molecule has 3 heterocycles. The highest BCUT2D eigenvalue weighted by atomic mass is 35.5. The Hall–Kier alpha value is -3.91. The Kier molecular flexibility index (Phi) is 8.66. The fourth-order valence-corrected chi connectivity index (χ4v) is 7.19. The fourth-order valence-electron chi connectivity index (χ4n) is 7.06. The molecular formula is C34H38ClN5O3. The summed E-state index contributed by atoms with van der Waals surface area (Å²) >= 11 is 6.15. The van der Waals surface area contributed by atoms with Crippen LogP contribution in [0.1, 0.15) is 61.1 Å². The molecule has 0 spiro atoms. The van der Waals surface area contributed by atoms with Crippen LogP contribution < -0.4 is 10.7 Å². The van der Waals surface area contributed by atoms with Crippen molar-refractivity contribution in [2.75, 3.05) is 13.1 Å². The van der Waals surface area contributed by atoms with Crippen molar-refractivity contribution in [1.29, 1.82) is 0 Å². The van der Waals surface area contributed by atoms with E-state index in [2.05, 4.69) is 26.9 Å². The Bertz CT molecular complexity index is 1620. The smallest absolute Gasteiger partial charge is 0.287 e. The monoisotopic (exact) mass is 599 g/mol. The molecule has 4 aromatic rings. The summed E-state index contributed by atoms with van der Waals surface area (Å²) in [6, 6.07) is 15.5. The molecule has 1 aliphatic carbocycles. The van der Waals surface area contributed by atoms with E-state index < -0.39 is 11.9 Å². The molecule has 1 saturated heterocycles. The van der Waals surface area contributed by atoms with Crippen molar-refractivity contribution in [3.05, 3.63) is 106 Å². The van der Waals surface area contributed by atoms with E-state index in [0.717, 1.165) is 43.7 Å². The lowest BCUT2D eigenvalue weighted by atomic mass is 9.63. The summed E-state index contributed by atoms with van der Waals surface area (Å²) in [6.45, 7) is 7.09. The number of amides is 1. The van der Waals surface area contributed by atoms with Gasteiger partial charge in [0.1, 0.15) is 18.2 Å². The van der Waals surface area contributed by atoms with Crippen molar-refractivity contribution in [3.8, 4) is 0 Å². The number of fused-ring (bicyclic) bond motifs is 1. The van der Waals surface area contributed by atoms with Gasteiger partial charge in [-0.15, -0.1) is 0 Å². The van der Waals surface area contributed by atoms with Crippen molar-refractivity contribution < 1.29 is 9.21 Å². The number of hydrogen-bond donors (Lipinski definition) is 1. The number of carbonyl (C=O) groups is 1. The second-order valence-corrected chi connectivity index (χ2v) is 12.5. The van der Waals surface area contributed by atoms with Gasteiger partial charge in [-0.25, -0.2) is 4.98 Å². The number of nitrogens with zero attached hydrogens (tertiary/aromatic N) is 4. The number of carbonyl (C=O) groups excluding carboxylic acids is 1. The normalized spacial score (nSPS) is 17.9. The van der Waals surface area contributed by atoms with Crippen LogP contribution in [0.5, 0.6) is 0 Å². The number of nitrogens with one attached hydrogen (secondary N) is 1. The maximum Gasteiger partial charge on any atom is 0.287 e. The molecule has 6 rings (SSSR count). The highest BCUT2D eigenvalue weighted by Gasteiger charge is 2.43. The van der Waals surface area contributed by atoms with Crippen LogP contribution in [0.4, 0.5) is 0 Å². The first-order valence-corrected chi connectivity index (χ1v) is 15.6.